The van der Waals surface area contributed by atoms with E-state index >= 15 is 0 Å². The zero-order valence-electron chi connectivity index (χ0n) is 18.1. The molecule has 7 nitrogen and oxygen atoms in total. The number of carbonyl (C=O) groups is 3. The van der Waals surface area contributed by atoms with Crippen molar-refractivity contribution in [1.82, 2.24) is 15.2 Å². The first-order valence-electron chi connectivity index (χ1n) is 11.4. The van der Waals surface area contributed by atoms with Crippen LogP contribution >= 0.6 is 22.9 Å². The quantitative estimate of drug-likeness (QED) is 0.654. The Balaban J connectivity index is 1.37. The highest BCUT2D eigenvalue weighted by Gasteiger charge is 2.53. The second kappa shape index (κ2) is 9.52. The Kier molecular flexibility index (Phi) is 6.49. The SMILES string of the molecule is O=C(N[C@H](C(=O)N1C[C@H](Cl)[C@H]2OCC(=O)[C@H]21)C1CCCCC1)c1ccc(-c2ccccn2)s1. The van der Waals surface area contributed by atoms with Gasteiger partial charge in [-0.1, -0.05) is 25.3 Å². The van der Waals surface area contributed by atoms with Gasteiger partial charge in [0.05, 0.1) is 20.8 Å². The van der Waals surface area contributed by atoms with Crippen LogP contribution in [0.25, 0.3) is 10.6 Å². The van der Waals surface area contributed by atoms with Crippen molar-refractivity contribution >= 4 is 40.5 Å². The summed E-state index contributed by atoms with van der Waals surface area (Å²) >= 11 is 7.76. The molecule has 0 radical (unpaired) electrons. The molecular weight excluding hydrogens is 462 g/mol. The molecule has 2 aliphatic heterocycles. The number of ether oxygens (including phenoxy) is 1. The van der Waals surface area contributed by atoms with Gasteiger partial charge in [-0.25, -0.2) is 0 Å². The number of hydrogen-bond acceptors (Lipinski definition) is 6. The molecule has 33 heavy (non-hydrogen) atoms. The van der Waals surface area contributed by atoms with E-state index in [1.165, 1.54) is 11.3 Å². The van der Waals surface area contributed by atoms with E-state index in [1.54, 1.807) is 17.2 Å². The van der Waals surface area contributed by atoms with Crippen LogP contribution in [-0.2, 0) is 14.3 Å². The molecule has 1 saturated carbocycles. The Labute approximate surface area is 201 Å². The van der Waals surface area contributed by atoms with Crippen LogP contribution in [0.2, 0.25) is 0 Å². The maximum atomic E-state index is 13.7. The highest BCUT2D eigenvalue weighted by Crippen LogP contribution is 2.34. The van der Waals surface area contributed by atoms with Crippen LogP contribution < -0.4 is 5.32 Å². The summed E-state index contributed by atoms with van der Waals surface area (Å²) in [5.41, 5.74) is 0.803. The summed E-state index contributed by atoms with van der Waals surface area (Å²) in [5, 5.41) is 2.59. The van der Waals surface area contributed by atoms with Crippen molar-refractivity contribution in [2.45, 2.75) is 55.7 Å². The molecule has 2 aromatic heterocycles. The van der Waals surface area contributed by atoms with Gasteiger partial charge in [-0.15, -0.1) is 22.9 Å². The lowest BCUT2D eigenvalue weighted by atomic mass is 9.83. The second-order valence-electron chi connectivity index (χ2n) is 8.92. The third kappa shape index (κ3) is 4.44. The lowest BCUT2D eigenvalue weighted by Crippen LogP contribution is -2.55. The van der Waals surface area contributed by atoms with Crippen LogP contribution in [0.4, 0.5) is 0 Å². The fourth-order valence-corrected chi connectivity index (χ4v) is 6.41. The summed E-state index contributed by atoms with van der Waals surface area (Å²) in [5.74, 6) is -0.591. The first-order valence-corrected chi connectivity index (χ1v) is 12.7. The van der Waals surface area contributed by atoms with Crippen molar-refractivity contribution in [2.75, 3.05) is 13.2 Å². The van der Waals surface area contributed by atoms with E-state index < -0.39 is 23.6 Å². The molecule has 1 N–H and O–H groups in total. The molecule has 2 saturated heterocycles. The molecule has 0 spiro atoms. The molecule has 174 valence electrons. The van der Waals surface area contributed by atoms with Gasteiger partial charge in [0.15, 0.2) is 5.78 Å². The summed E-state index contributed by atoms with van der Waals surface area (Å²) in [6, 6.07) is 7.95. The predicted octanol–water partition coefficient (Wildman–Crippen LogP) is 3.27. The largest absolute Gasteiger partial charge is 0.366 e. The van der Waals surface area contributed by atoms with Crippen LogP contribution in [-0.4, -0.2) is 64.2 Å². The van der Waals surface area contributed by atoms with E-state index in [1.807, 2.05) is 24.3 Å². The summed E-state index contributed by atoms with van der Waals surface area (Å²) in [6.07, 6.45) is 6.18. The molecule has 4 heterocycles. The summed E-state index contributed by atoms with van der Waals surface area (Å²) in [6.45, 7) is 0.234. The number of halogens is 1. The van der Waals surface area contributed by atoms with Crippen LogP contribution in [0.5, 0.6) is 0 Å². The standard InChI is InChI=1S/C24H26ClN3O4S/c25-15-12-28(21-17(29)13-32-22(15)21)24(31)20(14-6-2-1-3-7-14)27-23(30)19-10-9-18(33-19)16-8-4-5-11-26-16/h4-5,8-11,14-15,20-22H,1-3,6-7,12-13H2,(H,27,30)/t15-,20-,21+,22+/m0/s1. The van der Waals surface area contributed by atoms with Gasteiger partial charge in [0, 0.05) is 12.7 Å². The Bertz CT molecular complexity index is 1040. The molecule has 4 atom stereocenters. The van der Waals surface area contributed by atoms with Crippen molar-refractivity contribution in [2.24, 2.45) is 5.92 Å². The number of alkyl halides is 1. The molecule has 3 fully saturated rings. The Morgan fingerprint density at radius 3 is 2.76 bits per heavy atom. The van der Waals surface area contributed by atoms with Crippen molar-refractivity contribution in [3.63, 3.8) is 0 Å². The molecule has 0 unspecified atom stereocenters. The Morgan fingerprint density at radius 2 is 2.00 bits per heavy atom. The summed E-state index contributed by atoms with van der Waals surface area (Å²) < 4.78 is 5.54. The van der Waals surface area contributed by atoms with Gasteiger partial charge in [-0.05, 0) is 43.0 Å². The van der Waals surface area contributed by atoms with Crippen LogP contribution in [0.3, 0.4) is 0 Å². The number of thiophene rings is 1. The van der Waals surface area contributed by atoms with Gasteiger partial charge in [0.1, 0.15) is 24.8 Å². The van der Waals surface area contributed by atoms with Crippen molar-refractivity contribution in [1.29, 1.82) is 0 Å². The first-order chi connectivity index (χ1) is 16.0. The smallest absolute Gasteiger partial charge is 0.262 e. The number of pyridine rings is 1. The molecule has 1 aliphatic carbocycles. The van der Waals surface area contributed by atoms with E-state index in [2.05, 4.69) is 10.3 Å². The molecule has 9 heteroatoms. The van der Waals surface area contributed by atoms with Crippen LogP contribution in [0.15, 0.2) is 36.5 Å². The minimum absolute atomic E-state index is 0.0196. The number of fused-ring (bicyclic) bond motifs is 1. The summed E-state index contributed by atoms with van der Waals surface area (Å²) in [4.78, 5) is 46.7. The predicted molar refractivity (Wildman–Crippen MR) is 125 cm³/mol. The first kappa shape index (κ1) is 22.5. The zero-order chi connectivity index (χ0) is 22.9. The minimum atomic E-state index is -0.686. The average Bonchev–Trinajstić information content (AvgIpc) is 3.56. The third-order valence-electron chi connectivity index (χ3n) is 6.83. The molecule has 2 aromatic rings. The Hall–Kier alpha value is -2.29. The minimum Gasteiger partial charge on any atom is -0.366 e. The lowest BCUT2D eigenvalue weighted by Gasteiger charge is -2.34. The average molecular weight is 488 g/mol. The number of amides is 2. The number of Topliss-reactive ketones (excluding diaryl/α,β-unsaturated/α-hetero) is 1. The fourth-order valence-electron chi connectivity index (χ4n) is 5.17. The van der Waals surface area contributed by atoms with Gasteiger partial charge in [0.2, 0.25) is 5.91 Å². The summed E-state index contributed by atoms with van der Waals surface area (Å²) in [7, 11) is 0. The molecule has 0 bridgehead atoms. The van der Waals surface area contributed by atoms with E-state index in [4.69, 9.17) is 16.3 Å². The maximum Gasteiger partial charge on any atom is 0.262 e. The number of nitrogens with one attached hydrogen (secondary N) is 1. The van der Waals surface area contributed by atoms with Gasteiger partial charge < -0.3 is 15.0 Å². The Morgan fingerprint density at radius 1 is 1.18 bits per heavy atom. The van der Waals surface area contributed by atoms with Crippen molar-refractivity contribution in [3.05, 3.63) is 41.4 Å². The highest BCUT2D eigenvalue weighted by atomic mass is 35.5. The maximum absolute atomic E-state index is 13.7. The van der Waals surface area contributed by atoms with Gasteiger partial charge >= 0.3 is 0 Å². The number of hydrogen-bond donors (Lipinski definition) is 1. The second-order valence-corrected chi connectivity index (χ2v) is 10.6. The number of likely N-dealkylation sites (tertiary alicyclic amines) is 1. The lowest BCUT2D eigenvalue weighted by molar-refractivity contribution is -0.139. The third-order valence-corrected chi connectivity index (χ3v) is 8.32. The van der Waals surface area contributed by atoms with E-state index in [9.17, 15) is 14.4 Å². The van der Waals surface area contributed by atoms with Gasteiger partial charge in [0.25, 0.3) is 5.91 Å². The molecule has 2 amide bonds. The fraction of sp³-hybridized carbons (Fsp3) is 0.500. The van der Waals surface area contributed by atoms with E-state index in [-0.39, 0.29) is 36.7 Å². The monoisotopic (exact) mass is 487 g/mol. The molecule has 3 aliphatic rings. The molecular formula is C24H26ClN3O4S. The van der Waals surface area contributed by atoms with E-state index in [0.717, 1.165) is 42.7 Å². The topological polar surface area (TPSA) is 88.6 Å². The van der Waals surface area contributed by atoms with Crippen LogP contribution in [0, 0.1) is 5.92 Å². The highest BCUT2D eigenvalue weighted by molar-refractivity contribution is 7.17. The number of aromatic nitrogens is 1. The molecule has 5 rings (SSSR count). The zero-order valence-corrected chi connectivity index (χ0v) is 19.7. The van der Waals surface area contributed by atoms with Crippen molar-refractivity contribution in [3.8, 4) is 10.6 Å². The van der Waals surface area contributed by atoms with Crippen LogP contribution in [0.1, 0.15) is 41.8 Å². The number of rotatable bonds is 5. The van der Waals surface area contributed by atoms with Gasteiger partial charge in [-0.3, -0.25) is 19.4 Å². The number of nitrogens with zero attached hydrogens (tertiary/aromatic N) is 2. The number of ketones is 1. The van der Waals surface area contributed by atoms with Crippen molar-refractivity contribution < 1.29 is 19.1 Å². The molecule has 0 aromatic carbocycles. The number of carbonyl (C=O) groups excluding carboxylic acids is 3. The van der Waals surface area contributed by atoms with E-state index in [0.29, 0.717) is 4.88 Å². The van der Waals surface area contributed by atoms with Gasteiger partial charge in [-0.2, -0.15) is 0 Å². The normalized spacial score (nSPS) is 26.3.